The largest absolute Gasteiger partial charge is 0.441 e. The minimum atomic E-state index is 0.716. The van der Waals surface area contributed by atoms with E-state index in [-0.39, 0.29) is 0 Å². The third kappa shape index (κ3) is 3.59. The fraction of sp³-hybridized carbons (Fsp3) is 0.312. The van der Waals surface area contributed by atoms with Gasteiger partial charge in [0.1, 0.15) is 5.76 Å². The first kappa shape index (κ1) is 12.6. The second-order valence-corrected chi connectivity index (χ2v) is 4.67. The number of rotatable bonds is 5. The lowest BCUT2D eigenvalue weighted by atomic mass is 10.2. The predicted octanol–water partition coefficient (Wildman–Crippen LogP) is 4.63. The first-order valence-corrected chi connectivity index (χ1v) is 6.39. The molecule has 0 aliphatic rings. The van der Waals surface area contributed by atoms with Crippen LogP contribution in [0.1, 0.15) is 32.4 Å². The van der Waals surface area contributed by atoms with E-state index < -0.39 is 0 Å². The summed E-state index contributed by atoms with van der Waals surface area (Å²) in [6.45, 7) is 4.25. The van der Waals surface area contributed by atoms with E-state index in [2.05, 4.69) is 24.9 Å². The molecule has 0 unspecified atom stereocenters. The summed E-state index contributed by atoms with van der Waals surface area (Å²) in [5.41, 5.74) is 2.41. The van der Waals surface area contributed by atoms with Crippen molar-refractivity contribution in [1.82, 2.24) is 4.98 Å². The van der Waals surface area contributed by atoms with Crippen LogP contribution in [-0.2, 0) is 6.42 Å². The van der Waals surface area contributed by atoms with Crippen LogP contribution in [0.5, 0.6) is 0 Å². The third-order valence-electron chi connectivity index (χ3n) is 2.75. The molecule has 0 atom stereocenters. The van der Waals surface area contributed by atoms with Crippen LogP contribution in [0.3, 0.4) is 0 Å². The lowest BCUT2D eigenvalue weighted by Gasteiger charge is -1.96. The van der Waals surface area contributed by atoms with Gasteiger partial charge in [-0.2, -0.15) is 0 Å². The summed E-state index contributed by atoms with van der Waals surface area (Å²) in [6.07, 6.45) is 7.25. The number of aromatic nitrogens is 1. The van der Waals surface area contributed by atoms with E-state index in [1.165, 1.54) is 5.57 Å². The molecule has 0 spiro atoms. The van der Waals surface area contributed by atoms with Crippen LogP contribution in [0, 0.1) is 0 Å². The standard InChI is InChI=1S/C16H19NO/c1-13(2)8-6-7-11-15-12-17-16(18-15)14-9-4-3-5-10-14/h3-5,8-10,12H,6-7,11H2,1-2H3. The first-order chi connectivity index (χ1) is 8.75. The zero-order valence-electron chi connectivity index (χ0n) is 11.0. The molecule has 1 aromatic heterocycles. The number of allylic oxidation sites excluding steroid dienone is 2. The highest BCUT2D eigenvalue weighted by molar-refractivity contribution is 5.52. The minimum Gasteiger partial charge on any atom is -0.441 e. The monoisotopic (exact) mass is 241 g/mol. The third-order valence-corrected chi connectivity index (χ3v) is 2.75. The van der Waals surface area contributed by atoms with Crippen molar-refractivity contribution < 1.29 is 4.42 Å². The number of unbranched alkanes of at least 4 members (excludes halogenated alkanes) is 1. The Morgan fingerprint density at radius 3 is 2.72 bits per heavy atom. The molecule has 18 heavy (non-hydrogen) atoms. The lowest BCUT2D eigenvalue weighted by molar-refractivity contribution is 0.511. The highest BCUT2D eigenvalue weighted by Gasteiger charge is 2.05. The molecule has 2 rings (SSSR count). The normalized spacial score (nSPS) is 10.3. The minimum absolute atomic E-state index is 0.716. The van der Waals surface area contributed by atoms with Crippen molar-refractivity contribution in [2.24, 2.45) is 0 Å². The van der Waals surface area contributed by atoms with Crippen LogP contribution in [0.15, 0.2) is 52.6 Å². The van der Waals surface area contributed by atoms with Gasteiger partial charge >= 0.3 is 0 Å². The zero-order valence-corrected chi connectivity index (χ0v) is 11.0. The van der Waals surface area contributed by atoms with Gasteiger partial charge in [-0.25, -0.2) is 4.98 Å². The molecule has 0 N–H and O–H groups in total. The molecular weight excluding hydrogens is 222 g/mol. The van der Waals surface area contributed by atoms with Gasteiger partial charge < -0.3 is 4.42 Å². The fourth-order valence-electron chi connectivity index (χ4n) is 1.80. The average molecular weight is 241 g/mol. The molecule has 1 aromatic carbocycles. The predicted molar refractivity (Wildman–Crippen MR) is 74.3 cm³/mol. The Balaban J connectivity index is 1.93. The van der Waals surface area contributed by atoms with Crippen molar-refractivity contribution in [3.63, 3.8) is 0 Å². The van der Waals surface area contributed by atoms with E-state index in [9.17, 15) is 0 Å². The van der Waals surface area contributed by atoms with E-state index in [0.717, 1.165) is 30.6 Å². The Morgan fingerprint density at radius 1 is 1.22 bits per heavy atom. The van der Waals surface area contributed by atoms with Crippen LogP contribution >= 0.6 is 0 Å². The second kappa shape index (κ2) is 6.20. The quantitative estimate of drug-likeness (QED) is 0.563. The van der Waals surface area contributed by atoms with Gasteiger partial charge in [0, 0.05) is 12.0 Å². The van der Waals surface area contributed by atoms with E-state index in [0.29, 0.717) is 5.89 Å². The number of hydrogen-bond acceptors (Lipinski definition) is 2. The maximum Gasteiger partial charge on any atom is 0.226 e. The van der Waals surface area contributed by atoms with Crippen molar-refractivity contribution >= 4 is 0 Å². The Labute approximate surface area is 108 Å². The molecule has 2 heteroatoms. The summed E-state index contributed by atoms with van der Waals surface area (Å²) in [6, 6.07) is 10.0. The van der Waals surface area contributed by atoms with Crippen molar-refractivity contribution in [2.45, 2.75) is 33.1 Å². The van der Waals surface area contributed by atoms with Crippen molar-refractivity contribution in [3.05, 3.63) is 53.9 Å². The van der Waals surface area contributed by atoms with Crippen LogP contribution in [0.4, 0.5) is 0 Å². The molecule has 0 bridgehead atoms. The smallest absolute Gasteiger partial charge is 0.226 e. The molecule has 0 aliphatic carbocycles. The Hall–Kier alpha value is -1.83. The van der Waals surface area contributed by atoms with Gasteiger partial charge in [-0.3, -0.25) is 0 Å². The summed E-state index contributed by atoms with van der Waals surface area (Å²) in [5.74, 6) is 1.68. The Bertz CT molecular complexity index is 507. The molecule has 0 saturated heterocycles. The van der Waals surface area contributed by atoms with Gasteiger partial charge in [0.25, 0.3) is 0 Å². The number of benzene rings is 1. The van der Waals surface area contributed by atoms with Crippen molar-refractivity contribution in [3.8, 4) is 11.5 Å². The Morgan fingerprint density at radius 2 is 2.00 bits per heavy atom. The van der Waals surface area contributed by atoms with Gasteiger partial charge in [-0.1, -0.05) is 29.8 Å². The van der Waals surface area contributed by atoms with Gasteiger partial charge in [0.15, 0.2) is 0 Å². The summed E-state index contributed by atoms with van der Waals surface area (Å²) >= 11 is 0. The van der Waals surface area contributed by atoms with Gasteiger partial charge in [-0.05, 0) is 38.8 Å². The van der Waals surface area contributed by atoms with Gasteiger partial charge in [0.2, 0.25) is 5.89 Å². The molecular formula is C16H19NO. The lowest BCUT2D eigenvalue weighted by Crippen LogP contribution is -1.81. The molecule has 94 valence electrons. The van der Waals surface area contributed by atoms with E-state index >= 15 is 0 Å². The van der Waals surface area contributed by atoms with Gasteiger partial charge in [-0.15, -0.1) is 0 Å². The highest BCUT2D eigenvalue weighted by atomic mass is 16.4. The summed E-state index contributed by atoms with van der Waals surface area (Å²) in [4.78, 5) is 4.32. The molecule has 0 fully saturated rings. The number of hydrogen-bond donors (Lipinski definition) is 0. The van der Waals surface area contributed by atoms with Gasteiger partial charge in [0.05, 0.1) is 6.20 Å². The van der Waals surface area contributed by atoms with Crippen LogP contribution in [-0.4, -0.2) is 4.98 Å². The highest BCUT2D eigenvalue weighted by Crippen LogP contribution is 2.19. The maximum absolute atomic E-state index is 5.74. The summed E-state index contributed by atoms with van der Waals surface area (Å²) in [7, 11) is 0. The first-order valence-electron chi connectivity index (χ1n) is 6.39. The second-order valence-electron chi connectivity index (χ2n) is 4.67. The van der Waals surface area contributed by atoms with Crippen LogP contribution in [0.25, 0.3) is 11.5 Å². The van der Waals surface area contributed by atoms with Crippen LogP contribution in [0.2, 0.25) is 0 Å². The average Bonchev–Trinajstić information content (AvgIpc) is 2.84. The number of nitrogens with zero attached hydrogens (tertiary/aromatic N) is 1. The molecule has 0 radical (unpaired) electrons. The number of oxazole rings is 1. The number of aryl methyl sites for hydroxylation is 1. The SMILES string of the molecule is CC(C)=CCCCc1cnc(-c2ccccc2)o1. The van der Waals surface area contributed by atoms with Crippen molar-refractivity contribution in [1.29, 1.82) is 0 Å². The zero-order chi connectivity index (χ0) is 12.8. The molecule has 1 heterocycles. The summed E-state index contributed by atoms with van der Waals surface area (Å²) < 4.78 is 5.74. The molecule has 0 aliphatic heterocycles. The van der Waals surface area contributed by atoms with Crippen LogP contribution < -0.4 is 0 Å². The maximum atomic E-state index is 5.74. The van der Waals surface area contributed by atoms with Crippen molar-refractivity contribution in [2.75, 3.05) is 0 Å². The topological polar surface area (TPSA) is 26.0 Å². The van der Waals surface area contributed by atoms with E-state index in [1.54, 1.807) is 0 Å². The fourth-order valence-corrected chi connectivity index (χ4v) is 1.80. The molecule has 0 saturated carbocycles. The molecule has 0 amide bonds. The van der Waals surface area contributed by atoms with E-state index in [1.807, 2.05) is 36.5 Å². The molecule has 2 aromatic rings. The summed E-state index contributed by atoms with van der Waals surface area (Å²) in [5, 5.41) is 0. The molecule has 2 nitrogen and oxygen atoms in total. The Kier molecular flexibility index (Phi) is 4.35. The van der Waals surface area contributed by atoms with E-state index in [4.69, 9.17) is 4.42 Å².